The highest BCUT2D eigenvalue weighted by molar-refractivity contribution is 6.41. The van der Waals surface area contributed by atoms with E-state index in [-0.39, 0.29) is 5.03 Å². The average Bonchev–Trinajstić information content (AvgIpc) is 1.83. The van der Waals surface area contributed by atoms with E-state index in [2.05, 4.69) is 5.32 Å². The Morgan fingerprint density at radius 1 is 1.60 bits per heavy atom. The van der Waals surface area contributed by atoms with Crippen molar-refractivity contribution in [1.82, 2.24) is 5.32 Å². The number of rotatable bonds is 0. The van der Waals surface area contributed by atoms with Gasteiger partial charge in [-0.05, 0) is 13.0 Å². The van der Waals surface area contributed by atoms with Crippen molar-refractivity contribution >= 4 is 23.2 Å². The minimum Gasteiger partial charge on any atom is -0.366 e. The second-order valence-corrected chi connectivity index (χ2v) is 3.00. The molecule has 0 amide bonds. The Morgan fingerprint density at radius 3 is 2.60 bits per heavy atom. The average molecular weight is 180 g/mol. The zero-order chi connectivity index (χ0) is 7.78. The molecule has 2 nitrogen and oxygen atoms in total. The summed E-state index contributed by atoms with van der Waals surface area (Å²) < 4.78 is 0. The Morgan fingerprint density at radius 2 is 2.20 bits per heavy atom. The van der Waals surface area contributed by atoms with Gasteiger partial charge in [0.25, 0.3) is 0 Å². The van der Waals surface area contributed by atoms with E-state index >= 15 is 0 Å². The predicted octanol–water partition coefficient (Wildman–Crippen LogP) is 1.50. The molecule has 1 aliphatic heterocycles. The van der Waals surface area contributed by atoms with Crippen molar-refractivity contribution in [2.75, 3.05) is 0 Å². The summed E-state index contributed by atoms with van der Waals surface area (Å²) in [6.45, 7) is 1.53. The van der Waals surface area contributed by atoms with Gasteiger partial charge in [-0.2, -0.15) is 0 Å². The molecule has 1 rings (SSSR count). The summed E-state index contributed by atoms with van der Waals surface area (Å²) in [6.07, 6.45) is 3.13. The predicted molar refractivity (Wildman–Crippen MR) is 41.6 cm³/mol. The van der Waals surface area contributed by atoms with Gasteiger partial charge < -0.3 is 10.4 Å². The van der Waals surface area contributed by atoms with Crippen molar-refractivity contribution in [3.63, 3.8) is 0 Å². The maximum atomic E-state index is 9.38. The first-order valence-corrected chi connectivity index (χ1v) is 3.52. The van der Waals surface area contributed by atoms with Crippen molar-refractivity contribution < 1.29 is 5.11 Å². The zero-order valence-electron chi connectivity index (χ0n) is 5.36. The Kier molecular flexibility index (Phi) is 1.95. The van der Waals surface area contributed by atoms with Crippen LogP contribution in [0.1, 0.15) is 6.92 Å². The number of hydrogen-bond donors (Lipinski definition) is 2. The highest BCUT2D eigenvalue weighted by atomic mass is 35.5. The number of nitrogens with one attached hydrogen (secondary N) is 1. The number of dihydropyridines is 1. The quantitative estimate of drug-likeness (QED) is 0.592. The first-order valence-electron chi connectivity index (χ1n) is 2.76. The highest BCUT2D eigenvalue weighted by Gasteiger charge is 2.27. The molecule has 1 aliphatic rings. The standard InChI is InChI=1S/C6H7Cl2NO/c1-6(10)5(8)4(7)2-3-9-6/h2-3,9-10H,1H3. The summed E-state index contributed by atoms with van der Waals surface area (Å²) in [4.78, 5) is 0. The molecule has 0 aliphatic carbocycles. The molecule has 0 saturated heterocycles. The first-order chi connectivity index (χ1) is 4.54. The molecule has 0 aromatic rings. The molecule has 2 N–H and O–H groups in total. The first kappa shape index (κ1) is 7.92. The molecule has 10 heavy (non-hydrogen) atoms. The van der Waals surface area contributed by atoms with Crippen molar-refractivity contribution in [2.45, 2.75) is 12.6 Å². The number of halogens is 2. The summed E-state index contributed by atoms with van der Waals surface area (Å²) in [7, 11) is 0. The summed E-state index contributed by atoms with van der Waals surface area (Å²) in [5.74, 6) is 0. The third-order valence-corrected chi connectivity index (χ3v) is 2.21. The fourth-order valence-electron chi connectivity index (χ4n) is 0.646. The maximum absolute atomic E-state index is 9.38. The molecule has 0 spiro atoms. The van der Waals surface area contributed by atoms with Gasteiger partial charge in [-0.3, -0.25) is 0 Å². The van der Waals surface area contributed by atoms with Gasteiger partial charge in [0.2, 0.25) is 0 Å². The molecule has 1 heterocycles. The van der Waals surface area contributed by atoms with Crippen LogP contribution >= 0.6 is 23.2 Å². The molecule has 56 valence electrons. The Hall–Kier alpha value is -0.180. The van der Waals surface area contributed by atoms with E-state index in [9.17, 15) is 5.11 Å². The van der Waals surface area contributed by atoms with Crippen LogP contribution in [0.2, 0.25) is 0 Å². The van der Waals surface area contributed by atoms with Gasteiger partial charge in [-0.25, -0.2) is 0 Å². The summed E-state index contributed by atoms with van der Waals surface area (Å²) in [6, 6.07) is 0. The third kappa shape index (κ3) is 1.29. The SMILES string of the molecule is CC1(O)NC=CC(Cl)=C1Cl. The van der Waals surface area contributed by atoms with E-state index in [1.165, 1.54) is 6.92 Å². The smallest absolute Gasteiger partial charge is 0.170 e. The lowest BCUT2D eigenvalue weighted by molar-refractivity contribution is 0.0828. The fraction of sp³-hybridized carbons (Fsp3) is 0.333. The molecule has 0 aromatic heterocycles. The van der Waals surface area contributed by atoms with Crippen LogP contribution in [-0.4, -0.2) is 10.8 Å². The van der Waals surface area contributed by atoms with Gasteiger partial charge in [0.05, 0.1) is 10.1 Å². The van der Waals surface area contributed by atoms with Crippen LogP contribution in [0.25, 0.3) is 0 Å². The van der Waals surface area contributed by atoms with Gasteiger partial charge in [0, 0.05) is 6.20 Å². The molecule has 1 unspecified atom stereocenters. The lowest BCUT2D eigenvalue weighted by Gasteiger charge is -2.26. The van der Waals surface area contributed by atoms with Crippen LogP contribution in [0.5, 0.6) is 0 Å². The van der Waals surface area contributed by atoms with Gasteiger partial charge in [0.15, 0.2) is 5.72 Å². The van der Waals surface area contributed by atoms with Crippen molar-refractivity contribution in [2.24, 2.45) is 0 Å². The molecule has 0 radical (unpaired) electrons. The number of allylic oxidation sites excluding steroid dienone is 2. The fourth-order valence-corrected chi connectivity index (χ4v) is 1.01. The normalized spacial score (nSPS) is 32.4. The molecular weight excluding hydrogens is 173 g/mol. The monoisotopic (exact) mass is 179 g/mol. The largest absolute Gasteiger partial charge is 0.366 e. The second-order valence-electron chi connectivity index (χ2n) is 2.21. The minimum absolute atomic E-state index is 0.219. The van der Waals surface area contributed by atoms with Gasteiger partial charge in [-0.15, -0.1) is 0 Å². The number of hydrogen-bond acceptors (Lipinski definition) is 2. The summed E-state index contributed by atoms with van der Waals surface area (Å²) in [5.41, 5.74) is -1.21. The summed E-state index contributed by atoms with van der Waals surface area (Å²) in [5, 5.41) is 12.6. The van der Waals surface area contributed by atoms with Crippen molar-refractivity contribution in [3.05, 3.63) is 22.3 Å². The molecule has 0 aromatic carbocycles. The Balaban J connectivity index is 2.99. The lowest BCUT2D eigenvalue weighted by Crippen LogP contribution is -2.40. The van der Waals surface area contributed by atoms with E-state index < -0.39 is 5.72 Å². The lowest BCUT2D eigenvalue weighted by atomic mass is 10.2. The van der Waals surface area contributed by atoms with E-state index in [1.807, 2.05) is 0 Å². The van der Waals surface area contributed by atoms with E-state index in [0.29, 0.717) is 5.03 Å². The number of aliphatic hydroxyl groups is 1. The zero-order valence-corrected chi connectivity index (χ0v) is 6.87. The third-order valence-electron chi connectivity index (χ3n) is 1.23. The highest BCUT2D eigenvalue weighted by Crippen LogP contribution is 2.27. The Labute approximate surface area is 69.1 Å². The molecular formula is C6H7Cl2NO. The molecule has 4 heteroatoms. The van der Waals surface area contributed by atoms with Crippen LogP contribution in [0.4, 0.5) is 0 Å². The van der Waals surface area contributed by atoms with E-state index in [0.717, 1.165) is 0 Å². The van der Waals surface area contributed by atoms with Crippen LogP contribution in [0, 0.1) is 0 Å². The van der Waals surface area contributed by atoms with Crippen LogP contribution < -0.4 is 5.32 Å². The van der Waals surface area contributed by atoms with Crippen LogP contribution in [0.3, 0.4) is 0 Å². The van der Waals surface area contributed by atoms with Crippen LogP contribution in [-0.2, 0) is 0 Å². The Bertz CT molecular complexity index is 208. The van der Waals surface area contributed by atoms with E-state index in [4.69, 9.17) is 23.2 Å². The van der Waals surface area contributed by atoms with Crippen LogP contribution in [0.15, 0.2) is 22.3 Å². The maximum Gasteiger partial charge on any atom is 0.170 e. The minimum atomic E-state index is -1.21. The van der Waals surface area contributed by atoms with E-state index in [1.54, 1.807) is 12.3 Å². The van der Waals surface area contributed by atoms with Gasteiger partial charge in [-0.1, -0.05) is 23.2 Å². The summed E-state index contributed by atoms with van der Waals surface area (Å²) >= 11 is 11.3. The van der Waals surface area contributed by atoms with Crippen molar-refractivity contribution in [3.8, 4) is 0 Å². The topological polar surface area (TPSA) is 32.3 Å². The molecule has 0 bridgehead atoms. The molecule has 0 saturated carbocycles. The molecule has 1 atom stereocenters. The van der Waals surface area contributed by atoms with Crippen molar-refractivity contribution in [1.29, 1.82) is 0 Å². The van der Waals surface area contributed by atoms with Gasteiger partial charge in [0.1, 0.15) is 0 Å². The second kappa shape index (κ2) is 2.46. The van der Waals surface area contributed by atoms with Gasteiger partial charge >= 0.3 is 0 Å². The molecule has 0 fully saturated rings.